The predicted octanol–water partition coefficient (Wildman–Crippen LogP) is 3.13. The van der Waals surface area contributed by atoms with Crippen LogP contribution in [0.25, 0.3) is 0 Å². The highest BCUT2D eigenvalue weighted by Gasteiger charge is 2.30. The number of rotatable bonds is 3. The van der Waals surface area contributed by atoms with Crippen LogP contribution < -0.4 is 0 Å². The van der Waals surface area contributed by atoms with Crippen LogP contribution >= 0.6 is 25.3 Å². The van der Waals surface area contributed by atoms with E-state index in [1.165, 1.54) is 18.4 Å². The molecule has 0 radical (unpaired) electrons. The van der Waals surface area contributed by atoms with Gasteiger partial charge in [-0.05, 0) is 18.8 Å². The predicted molar refractivity (Wildman–Crippen MR) is 64.7 cm³/mol. The van der Waals surface area contributed by atoms with Gasteiger partial charge in [0.2, 0.25) is 0 Å². The molecule has 2 aliphatic rings. The molecule has 2 aliphatic carbocycles. The first-order valence-corrected chi connectivity index (χ1v) is 6.06. The molecule has 0 aliphatic heterocycles. The van der Waals surface area contributed by atoms with Gasteiger partial charge in [0.25, 0.3) is 0 Å². The number of hydrogen-bond donors (Lipinski definition) is 2. The van der Waals surface area contributed by atoms with Crippen LogP contribution in [0.3, 0.4) is 0 Å². The van der Waals surface area contributed by atoms with Gasteiger partial charge in [0.15, 0.2) is 0 Å². The van der Waals surface area contributed by atoms with Crippen molar-refractivity contribution in [2.24, 2.45) is 11.8 Å². The second-order valence-electron chi connectivity index (χ2n) is 4.09. The summed E-state index contributed by atoms with van der Waals surface area (Å²) in [6.07, 6.45) is 7.28. The molecule has 0 aromatic carbocycles. The lowest BCUT2D eigenvalue weighted by Gasteiger charge is -2.37. The molecule has 2 rings (SSSR count). The van der Waals surface area contributed by atoms with E-state index >= 15 is 0 Å². The molecule has 0 saturated carbocycles. The lowest BCUT2D eigenvalue weighted by molar-refractivity contribution is 0.500. The monoisotopic (exact) mass is 212 g/mol. The van der Waals surface area contributed by atoms with Crippen molar-refractivity contribution >= 4 is 25.3 Å². The van der Waals surface area contributed by atoms with Crippen LogP contribution in [-0.4, -0.2) is 11.0 Å². The topological polar surface area (TPSA) is 0 Å². The highest BCUT2D eigenvalue weighted by atomic mass is 32.1. The van der Waals surface area contributed by atoms with Gasteiger partial charge in [0, 0.05) is 16.9 Å². The molecule has 0 spiro atoms. The zero-order valence-corrected chi connectivity index (χ0v) is 9.69. The van der Waals surface area contributed by atoms with Crippen LogP contribution in [0.2, 0.25) is 0 Å². The van der Waals surface area contributed by atoms with E-state index in [1.807, 2.05) is 0 Å². The van der Waals surface area contributed by atoms with Gasteiger partial charge in [-0.2, -0.15) is 25.3 Å². The summed E-state index contributed by atoms with van der Waals surface area (Å²) in [5, 5.41) is 0.385. The van der Waals surface area contributed by atoms with Crippen molar-refractivity contribution in [1.29, 1.82) is 0 Å². The minimum absolute atomic E-state index is 0.385. The smallest absolute Gasteiger partial charge is 0.0314 e. The second kappa shape index (κ2) is 3.74. The summed E-state index contributed by atoms with van der Waals surface area (Å²) >= 11 is 8.72. The fourth-order valence-electron chi connectivity index (χ4n) is 2.06. The van der Waals surface area contributed by atoms with Crippen molar-refractivity contribution in [3.05, 3.63) is 23.3 Å². The van der Waals surface area contributed by atoms with Gasteiger partial charge in [-0.15, -0.1) is 0 Å². The first-order valence-electron chi connectivity index (χ1n) is 4.92. The molecular formula is C11H16S2. The van der Waals surface area contributed by atoms with E-state index in [0.717, 1.165) is 17.6 Å². The molecule has 0 bridgehead atoms. The van der Waals surface area contributed by atoms with E-state index in [-0.39, 0.29) is 0 Å². The molecule has 3 unspecified atom stereocenters. The maximum atomic E-state index is 4.47. The summed E-state index contributed by atoms with van der Waals surface area (Å²) in [6, 6.07) is 0. The maximum Gasteiger partial charge on any atom is 0.0314 e. The largest absolute Gasteiger partial charge is 0.178 e. The average molecular weight is 212 g/mol. The standard InChI is InChI=1S/C11H16S2/c1-7-2-3-10(7)8-4-9(5-8)11(13)6-12/h3-4,7-8,11-13H,2,5-6H2,1H3. The molecule has 13 heavy (non-hydrogen) atoms. The van der Waals surface area contributed by atoms with Crippen LogP contribution in [0.4, 0.5) is 0 Å². The number of thiol groups is 2. The molecule has 3 atom stereocenters. The molecule has 2 heteroatoms. The van der Waals surface area contributed by atoms with E-state index in [2.05, 4.69) is 44.3 Å². The zero-order chi connectivity index (χ0) is 9.42. The van der Waals surface area contributed by atoms with Gasteiger partial charge >= 0.3 is 0 Å². The Balaban J connectivity index is 1.93. The van der Waals surface area contributed by atoms with E-state index in [4.69, 9.17) is 0 Å². The lowest BCUT2D eigenvalue weighted by Crippen LogP contribution is -2.25. The number of allylic oxidation sites excluding steroid dienone is 3. The van der Waals surface area contributed by atoms with Crippen molar-refractivity contribution in [2.75, 3.05) is 5.75 Å². The second-order valence-corrected chi connectivity index (χ2v) is 5.08. The molecule has 0 N–H and O–H groups in total. The third-order valence-corrected chi connectivity index (χ3v) is 4.34. The van der Waals surface area contributed by atoms with Crippen LogP contribution in [0.1, 0.15) is 19.8 Å². The third-order valence-electron chi connectivity index (χ3n) is 3.18. The van der Waals surface area contributed by atoms with Gasteiger partial charge in [0.1, 0.15) is 0 Å². The van der Waals surface area contributed by atoms with Crippen molar-refractivity contribution in [1.82, 2.24) is 0 Å². The van der Waals surface area contributed by atoms with Gasteiger partial charge in [0.05, 0.1) is 0 Å². The minimum atomic E-state index is 0.385. The Morgan fingerprint density at radius 1 is 1.62 bits per heavy atom. The lowest BCUT2D eigenvalue weighted by atomic mass is 9.70. The van der Waals surface area contributed by atoms with Crippen molar-refractivity contribution in [2.45, 2.75) is 25.0 Å². The zero-order valence-electron chi connectivity index (χ0n) is 7.90. The molecule has 0 aromatic heterocycles. The summed E-state index contributed by atoms with van der Waals surface area (Å²) in [6.45, 7) is 2.32. The molecule has 0 amide bonds. The Morgan fingerprint density at radius 3 is 2.69 bits per heavy atom. The normalized spacial score (nSPS) is 34.1. The van der Waals surface area contributed by atoms with Gasteiger partial charge < -0.3 is 0 Å². The summed E-state index contributed by atoms with van der Waals surface area (Å²) < 4.78 is 0. The van der Waals surface area contributed by atoms with Gasteiger partial charge in [-0.25, -0.2) is 0 Å². The van der Waals surface area contributed by atoms with Crippen molar-refractivity contribution < 1.29 is 0 Å². The fraction of sp³-hybridized carbons (Fsp3) is 0.636. The van der Waals surface area contributed by atoms with E-state index in [1.54, 1.807) is 5.57 Å². The van der Waals surface area contributed by atoms with E-state index in [9.17, 15) is 0 Å². The minimum Gasteiger partial charge on any atom is -0.178 e. The van der Waals surface area contributed by atoms with Crippen LogP contribution in [0, 0.1) is 11.8 Å². The summed E-state index contributed by atoms with van der Waals surface area (Å²) in [5.41, 5.74) is 3.15. The SMILES string of the molecule is CC1CC=C1C1C=C(C(S)CS)C1. The van der Waals surface area contributed by atoms with Gasteiger partial charge in [-0.1, -0.05) is 30.2 Å². The van der Waals surface area contributed by atoms with Crippen LogP contribution in [0.5, 0.6) is 0 Å². The van der Waals surface area contributed by atoms with E-state index in [0.29, 0.717) is 5.25 Å². The first-order chi connectivity index (χ1) is 6.22. The Bertz CT molecular complexity index is 265. The number of hydrogen-bond acceptors (Lipinski definition) is 2. The molecule has 0 fully saturated rings. The summed E-state index contributed by atoms with van der Waals surface area (Å²) in [4.78, 5) is 0. The fourth-order valence-corrected chi connectivity index (χ4v) is 2.49. The van der Waals surface area contributed by atoms with E-state index < -0.39 is 0 Å². The molecule has 0 nitrogen and oxygen atoms in total. The van der Waals surface area contributed by atoms with Crippen LogP contribution in [0.15, 0.2) is 23.3 Å². The quantitative estimate of drug-likeness (QED) is 0.521. The Kier molecular flexibility index (Phi) is 2.80. The van der Waals surface area contributed by atoms with Crippen molar-refractivity contribution in [3.63, 3.8) is 0 Å². The van der Waals surface area contributed by atoms with Crippen LogP contribution in [-0.2, 0) is 0 Å². The summed E-state index contributed by atoms with van der Waals surface area (Å²) in [5.74, 6) is 2.43. The highest BCUT2D eigenvalue weighted by molar-refractivity contribution is 7.84. The summed E-state index contributed by atoms with van der Waals surface area (Å²) in [7, 11) is 0. The average Bonchev–Trinajstić information content (AvgIpc) is 2.06. The third kappa shape index (κ3) is 1.71. The Labute approximate surface area is 91.3 Å². The first kappa shape index (κ1) is 9.72. The highest BCUT2D eigenvalue weighted by Crippen LogP contribution is 2.43. The maximum absolute atomic E-state index is 4.47. The Hall–Kier alpha value is 0.180. The molecule has 72 valence electrons. The van der Waals surface area contributed by atoms with Gasteiger partial charge in [-0.3, -0.25) is 0 Å². The molecule has 0 saturated heterocycles. The molecule has 0 heterocycles. The van der Waals surface area contributed by atoms with Crippen molar-refractivity contribution in [3.8, 4) is 0 Å². The molecule has 0 aromatic rings. The Morgan fingerprint density at radius 2 is 2.31 bits per heavy atom. The molecular weight excluding hydrogens is 196 g/mol.